The van der Waals surface area contributed by atoms with E-state index >= 15 is 0 Å². The lowest BCUT2D eigenvalue weighted by atomic mass is 10.2. The molecule has 4 heteroatoms. The predicted molar refractivity (Wildman–Crippen MR) is 68.0 cm³/mol. The molecule has 0 unspecified atom stereocenters. The van der Waals surface area contributed by atoms with Crippen molar-refractivity contribution in [2.24, 2.45) is 0 Å². The van der Waals surface area contributed by atoms with Crippen molar-refractivity contribution in [2.45, 2.75) is 38.3 Å². The molecule has 1 aliphatic rings. The first kappa shape index (κ1) is 12.2. The van der Waals surface area contributed by atoms with Crippen molar-refractivity contribution in [3.8, 4) is 0 Å². The van der Waals surface area contributed by atoms with Crippen LogP contribution < -0.4 is 0 Å². The molecule has 0 saturated heterocycles. The molecule has 0 radical (unpaired) electrons. The molecule has 1 saturated carbocycles. The van der Waals surface area contributed by atoms with Gasteiger partial charge < -0.3 is 0 Å². The van der Waals surface area contributed by atoms with Crippen LogP contribution in [0.4, 0.5) is 0 Å². The molecule has 0 amide bonds. The Labute approximate surface area is 107 Å². The van der Waals surface area contributed by atoms with Crippen LogP contribution in [0, 0.1) is 0 Å². The Balaban J connectivity index is 2.04. The molecule has 0 atom stereocenters. The summed E-state index contributed by atoms with van der Waals surface area (Å²) >= 11 is 12.0. The van der Waals surface area contributed by atoms with Gasteiger partial charge in [0.2, 0.25) is 0 Å². The standard InChI is InChI=1S/C12H16Cl2N2/c1-16(9-4-2-3-5-9)8-11-10(13)6-7-12(14)15-11/h6-7,9H,2-5,8H2,1H3. The number of rotatable bonds is 3. The van der Waals surface area contributed by atoms with E-state index in [1.54, 1.807) is 6.07 Å². The van der Waals surface area contributed by atoms with Crippen LogP contribution in [0.25, 0.3) is 0 Å². The SMILES string of the molecule is CN(Cc1nc(Cl)ccc1Cl)C1CCCC1. The van der Waals surface area contributed by atoms with Gasteiger partial charge in [-0.25, -0.2) is 4.98 Å². The summed E-state index contributed by atoms with van der Waals surface area (Å²) in [4.78, 5) is 6.61. The summed E-state index contributed by atoms with van der Waals surface area (Å²) in [5, 5.41) is 1.22. The molecule has 88 valence electrons. The van der Waals surface area contributed by atoms with Crippen LogP contribution in [-0.2, 0) is 6.54 Å². The Hall–Kier alpha value is -0.310. The highest BCUT2D eigenvalue weighted by molar-refractivity contribution is 6.32. The van der Waals surface area contributed by atoms with Gasteiger partial charge in [-0.2, -0.15) is 0 Å². The topological polar surface area (TPSA) is 16.1 Å². The Morgan fingerprint density at radius 3 is 2.69 bits per heavy atom. The zero-order chi connectivity index (χ0) is 11.5. The third kappa shape index (κ3) is 2.88. The van der Waals surface area contributed by atoms with Gasteiger partial charge in [-0.05, 0) is 32.0 Å². The Kier molecular flexibility index (Phi) is 4.06. The predicted octanol–water partition coefficient (Wildman–Crippen LogP) is 3.76. The summed E-state index contributed by atoms with van der Waals surface area (Å²) in [5.74, 6) is 0. The van der Waals surface area contributed by atoms with Gasteiger partial charge in [0.05, 0.1) is 10.7 Å². The third-order valence-electron chi connectivity index (χ3n) is 3.23. The van der Waals surface area contributed by atoms with Crippen LogP contribution in [0.5, 0.6) is 0 Å². The number of halogens is 2. The van der Waals surface area contributed by atoms with Gasteiger partial charge in [0.1, 0.15) is 5.15 Å². The number of nitrogens with zero attached hydrogens (tertiary/aromatic N) is 2. The molecule has 1 aromatic heterocycles. The largest absolute Gasteiger partial charge is 0.298 e. The average molecular weight is 259 g/mol. The summed E-state index contributed by atoms with van der Waals surface area (Å²) in [7, 11) is 2.13. The Bertz CT molecular complexity index is 362. The van der Waals surface area contributed by atoms with E-state index < -0.39 is 0 Å². The molecular formula is C12H16Cl2N2. The average Bonchev–Trinajstić information content (AvgIpc) is 2.76. The molecule has 0 spiro atoms. The van der Waals surface area contributed by atoms with Crippen molar-refractivity contribution in [2.75, 3.05) is 7.05 Å². The normalized spacial score (nSPS) is 17.2. The first-order valence-corrected chi connectivity index (χ1v) is 6.43. The fourth-order valence-corrected chi connectivity index (χ4v) is 2.61. The van der Waals surface area contributed by atoms with Crippen molar-refractivity contribution in [3.05, 3.63) is 28.0 Å². The van der Waals surface area contributed by atoms with Crippen LogP contribution in [0.1, 0.15) is 31.4 Å². The molecule has 0 aliphatic heterocycles. The molecular weight excluding hydrogens is 243 g/mol. The van der Waals surface area contributed by atoms with Crippen LogP contribution >= 0.6 is 23.2 Å². The smallest absolute Gasteiger partial charge is 0.129 e. The number of hydrogen-bond acceptors (Lipinski definition) is 2. The lowest BCUT2D eigenvalue weighted by molar-refractivity contribution is 0.235. The fourth-order valence-electron chi connectivity index (χ4n) is 2.28. The Morgan fingerprint density at radius 1 is 1.31 bits per heavy atom. The van der Waals surface area contributed by atoms with E-state index in [9.17, 15) is 0 Å². The summed E-state index contributed by atoms with van der Waals surface area (Å²) in [6.45, 7) is 0.782. The third-order valence-corrected chi connectivity index (χ3v) is 3.79. The minimum Gasteiger partial charge on any atom is -0.298 e. The molecule has 2 nitrogen and oxygen atoms in total. The summed E-state index contributed by atoms with van der Waals surface area (Å²) < 4.78 is 0. The van der Waals surface area contributed by atoms with E-state index in [2.05, 4.69) is 16.9 Å². The maximum Gasteiger partial charge on any atom is 0.129 e. The minimum absolute atomic E-state index is 0.513. The molecule has 1 aromatic rings. The van der Waals surface area contributed by atoms with Crippen molar-refractivity contribution in [1.82, 2.24) is 9.88 Å². The van der Waals surface area contributed by atoms with E-state index in [0.29, 0.717) is 16.2 Å². The van der Waals surface area contributed by atoms with E-state index in [0.717, 1.165) is 12.2 Å². The summed E-state index contributed by atoms with van der Waals surface area (Å²) in [5.41, 5.74) is 0.878. The molecule has 0 N–H and O–H groups in total. The summed E-state index contributed by atoms with van der Waals surface area (Å²) in [6, 6.07) is 4.22. The monoisotopic (exact) mass is 258 g/mol. The maximum absolute atomic E-state index is 6.10. The van der Waals surface area contributed by atoms with Crippen molar-refractivity contribution in [3.63, 3.8) is 0 Å². The molecule has 1 heterocycles. The zero-order valence-corrected chi connectivity index (χ0v) is 10.9. The number of pyridine rings is 1. The van der Waals surface area contributed by atoms with E-state index in [1.807, 2.05) is 6.07 Å². The van der Waals surface area contributed by atoms with E-state index in [4.69, 9.17) is 23.2 Å². The first-order chi connectivity index (χ1) is 7.66. The van der Waals surface area contributed by atoms with Crippen LogP contribution in [-0.4, -0.2) is 23.0 Å². The zero-order valence-electron chi connectivity index (χ0n) is 9.42. The quantitative estimate of drug-likeness (QED) is 0.768. The van der Waals surface area contributed by atoms with Gasteiger partial charge in [0.25, 0.3) is 0 Å². The van der Waals surface area contributed by atoms with Crippen molar-refractivity contribution >= 4 is 23.2 Å². The lowest BCUT2D eigenvalue weighted by Crippen LogP contribution is -2.29. The maximum atomic E-state index is 6.10. The van der Waals surface area contributed by atoms with Gasteiger partial charge in [-0.1, -0.05) is 36.0 Å². The van der Waals surface area contributed by atoms with Gasteiger partial charge >= 0.3 is 0 Å². The minimum atomic E-state index is 0.513. The molecule has 1 fully saturated rings. The highest BCUT2D eigenvalue weighted by atomic mass is 35.5. The van der Waals surface area contributed by atoms with Gasteiger partial charge in [-0.3, -0.25) is 4.90 Å². The van der Waals surface area contributed by atoms with Gasteiger partial charge in [-0.15, -0.1) is 0 Å². The Morgan fingerprint density at radius 2 is 2.00 bits per heavy atom. The van der Waals surface area contributed by atoms with E-state index in [-0.39, 0.29) is 0 Å². The highest BCUT2D eigenvalue weighted by Crippen LogP contribution is 2.25. The molecule has 16 heavy (non-hydrogen) atoms. The second-order valence-electron chi connectivity index (χ2n) is 4.42. The lowest BCUT2D eigenvalue weighted by Gasteiger charge is -2.23. The van der Waals surface area contributed by atoms with E-state index in [1.165, 1.54) is 25.7 Å². The van der Waals surface area contributed by atoms with Gasteiger partial charge in [0.15, 0.2) is 0 Å². The molecule has 0 bridgehead atoms. The second kappa shape index (κ2) is 5.35. The highest BCUT2D eigenvalue weighted by Gasteiger charge is 2.20. The van der Waals surface area contributed by atoms with Crippen molar-refractivity contribution in [1.29, 1.82) is 0 Å². The van der Waals surface area contributed by atoms with Gasteiger partial charge in [0, 0.05) is 12.6 Å². The number of aromatic nitrogens is 1. The number of hydrogen-bond donors (Lipinski definition) is 0. The van der Waals surface area contributed by atoms with Crippen molar-refractivity contribution < 1.29 is 0 Å². The molecule has 0 aromatic carbocycles. The van der Waals surface area contributed by atoms with Crippen LogP contribution in [0.3, 0.4) is 0 Å². The molecule has 1 aliphatic carbocycles. The van der Waals surface area contributed by atoms with Crippen LogP contribution in [0.15, 0.2) is 12.1 Å². The first-order valence-electron chi connectivity index (χ1n) is 5.68. The summed E-state index contributed by atoms with van der Waals surface area (Å²) in [6.07, 6.45) is 5.25. The second-order valence-corrected chi connectivity index (χ2v) is 5.21. The van der Waals surface area contributed by atoms with Crippen LogP contribution in [0.2, 0.25) is 10.2 Å². The fraction of sp³-hybridized carbons (Fsp3) is 0.583. The molecule has 2 rings (SSSR count).